The molecule has 0 unspecified atom stereocenters. The molecule has 3 aliphatic rings. The zero-order valence-electron chi connectivity index (χ0n) is 16.7. The topological polar surface area (TPSA) is 78.0 Å². The van der Waals surface area contributed by atoms with Crippen LogP contribution in [0.5, 0.6) is 0 Å². The molecule has 0 atom stereocenters. The summed E-state index contributed by atoms with van der Waals surface area (Å²) in [4.78, 5) is 55.5. The van der Waals surface area contributed by atoms with Crippen LogP contribution in [0.4, 0.5) is 0 Å². The average Bonchev–Trinajstić information content (AvgIpc) is 3.25. The minimum Gasteiger partial charge on any atom is -0.338 e. The molecule has 1 aliphatic carbocycles. The van der Waals surface area contributed by atoms with Gasteiger partial charge in [-0.05, 0) is 37.3 Å². The van der Waals surface area contributed by atoms with Crippen LogP contribution in [0.2, 0.25) is 0 Å². The van der Waals surface area contributed by atoms with Gasteiger partial charge < -0.3 is 9.80 Å². The second kappa shape index (κ2) is 8.65. The van der Waals surface area contributed by atoms with Gasteiger partial charge in [0.1, 0.15) is 6.54 Å². The minimum absolute atomic E-state index is 0.0544. The van der Waals surface area contributed by atoms with Gasteiger partial charge in [0.05, 0.1) is 4.88 Å². The summed E-state index contributed by atoms with van der Waals surface area (Å²) >= 11 is 1.64. The number of rotatable bonds is 3. The lowest BCUT2D eigenvalue weighted by Crippen LogP contribution is -2.53. The number of aryl methyl sites for hydroxylation is 2. The van der Waals surface area contributed by atoms with Crippen LogP contribution in [-0.4, -0.2) is 71.1 Å². The highest BCUT2D eigenvalue weighted by molar-refractivity contribution is 7.14. The number of likely N-dealkylation sites (tertiary alicyclic amines) is 1. The van der Waals surface area contributed by atoms with Crippen molar-refractivity contribution in [1.29, 1.82) is 0 Å². The fourth-order valence-electron chi connectivity index (χ4n) is 4.30. The van der Waals surface area contributed by atoms with E-state index in [0.717, 1.165) is 22.6 Å². The molecule has 29 heavy (non-hydrogen) atoms. The monoisotopic (exact) mass is 417 g/mol. The van der Waals surface area contributed by atoms with Crippen molar-refractivity contribution < 1.29 is 19.2 Å². The van der Waals surface area contributed by atoms with Crippen LogP contribution in [0.3, 0.4) is 0 Å². The van der Waals surface area contributed by atoms with Crippen molar-refractivity contribution in [1.82, 2.24) is 14.7 Å². The molecule has 0 N–H and O–H groups in total. The third-order valence-corrected chi connectivity index (χ3v) is 7.30. The van der Waals surface area contributed by atoms with E-state index in [4.69, 9.17) is 0 Å². The maximum absolute atomic E-state index is 13.0. The van der Waals surface area contributed by atoms with Crippen LogP contribution < -0.4 is 0 Å². The molecule has 2 saturated heterocycles. The first-order valence-corrected chi connectivity index (χ1v) is 11.4. The highest BCUT2D eigenvalue weighted by Crippen LogP contribution is 2.29. The Labute approximate surface area is 174 Å². The molecule has 2 fully saturated rings. The second-order valence-corrected chi connectivity index (χ2v) is 9.16. The summed E-state index contributed by atoms with van der Waals surface area (Å²) in [6.45, 7) is 1.66. The van der Waals surface area contributed by atoms with Gasteiger partial charge in [-0.1, -0.05) is 12.8 Å². The van der Waals surface area contributed by atoms with E-state index in [0.29, 0.717) is 26.2 Å². The normalized spacial score (nSPS) is 20.5. The Balaban J connectivity index is 1.33. The first-order chi connectivity index (χ1) is 14.0. The van der Waals surface area contributed by atoms with Gasteiger partial charge in [-0.3, -0.25) is 24.1 Å². The van der Waals surface area contributed by atoms with Gasteiger partial charge in [-0.15, -0.1) is 11.3 Å². The van der Waals surface area contributed by atoms with Crippen molar-refractivity contribution in [3.8, 4) is 0 Å². The largest absolute Gasteiger partial charge is 0.338 e. The van der Waals surface area contributed by atoms with Gasteiger partial charge in [0.15, 0.2) is 0 Å². The Morgan fingerprint density at radius 3 is 2.14 bits per heavy atom. The molecule has 0 saturated carbocycles. The van der Waals surface area contributed by atoms with Gasteiger partial charge in [-0.25, -0.2) is 0 Å². The molecule has 7 nitrogen and oxygen atoms in total. The van der Waals surface area contributed by atoms with E-state index >= 15 is 0 Å². The molecule has 4 rings (SSSR count). The summed E-state index contributed by atoms with van der Waals surface area (Å²) in [7, 11) is 0. The van der Waals surface area contributed by atoms with Crippen LogP contribution in [0.15, 0.2) is 6.07 Å². The van der Waals surface area contributed by atoms with E-state index in [1.54, 1.807) is 16.2 Å². The lowest BCUT2D eigenvalue weighted by molar-refractivity contribution is -0.146. The highest BCUT2D eigenvalue weighted by atomic mass is 32.1. The Morgan fingerprint density at radius 2 is 1.45 bits per heavy atom. The smallest absolute Gasteiger partial charge is 0.264 e. The Bertz CT molecular complexity index is 784. The van der Waals surface area contributed by atoms with Crippen LogP contribution in [-0.2, 0) is 27.2 Å². The molecule has 8 heteroatoms. The van der Waals surface area contributed by atoms with Gasteiger partial charge in [-0.2, -0.15) is 0 Å². The fourth-order valence-corrected chi connectivity index (χ4v) is 5.52. The number of thiophene rings is 1. The molecular weight excluding hydrogens is 390 g/mol. The van der Waals surface area contributed by atoms with E-state index in [-0.39, 0.29) is 43.0 Å². The third kappa shape index (κ3) is 4.37. The predicted molar refractivity (Wildman–Crippen MR) is 109 cm³/mol. The van der Waals surface area contributed by atoms with Crippen molar-refractivity contribution >= 4 is 35.0 Å². The molecule has 0 radical (unpaired) electrons. The lowest BCUT2D eigenvalue weighted by Gasteiger charge is -2.35. The number of nitrogens with zero attached hydrogens (tertiary/aromatic N) is 3. The first kappa shape index (κ1) is 20.1. The average molecular weight is 418 g/mol. The van der Waals surface area contributed by atoms with E-state index < -0.39 is 0 Å². The molecule has 1 aromatic rings. The summed E-state index contributed by atoms with van der Waals surface area (Å²) in [5.74, 6) is -0.714. The second-order valence-electron chi connectivity index (χ2n) is 8.02. The van der Waals surface area contributed by atoms with Gasteiger partial charge >= 0.3 is 0 Å². The zero-order valence-corrected chi connectivity index (χ0v) is 17.5. The van der Waals surface area contributed by atoms with Crippen LogP contribution in [0, 0.1) is 0 Å². The summed E-state index contributed by atoms with van der Waals surface area (Å²) in [6.07, 6.45) is 7.45. The Kier molecular flexibility index (Phi) is 5.99. The van der Waals surface area contributed by atoms with Crippen LogP contribution in [0.25, 0.3) is 0 Å². The SMILES string of the molecule is O=C(CN1C(=O)CCC1=O)N1CCN(C(=O)c2cc3c(s2)CCCCCC3)CC1. The molecule has 1 aromatic heterocycles. The van der Waals surface area contributed by atoms with Crippen molar-refractivity contribution in [3.05, 3.63) is 21.4 Å². The summed E-state index contributed by atoms with van der Waals surface area (Å²) in [6, 6.07) is 2.08. The molecule has 0 aromatic carbocycles. The number of carbonyl (C=O) groups excluding carboxylic acids is 4. The number of hydrogen-bond acceptors (Lipinski definition) is 5. The van der Waals surface area contributed by atoms with Gasteiger partial charge in [0, 0.05) is 43.9 Å². The molecule has 4 amide bonds. The molecule has 0 spiro atoms. The maximum atomic E-state index is 13.0. The third-order valence-electron chi connectivity index (χ3n) is 6.08. The van der Waals surface area contributed by atoms with E-state index in [1.165, 1.54) is 36.1 Å². The number of carbonyl (C=O) groups is 4. The number of piperazine rings is 1. The highest BCUT2D eigenvalue weighted by Gasteiger charge is 2.33. The van der Waals surface area contributed by atoms with E-state index in [1.807, 2.05) is 4.90 Å². The van der Waals surface area contributed by atoms with Crippen LogP contribution in [0.1, 0.15) is 58.6 Å². The quantitative estimate of drug-likeness (QED) is 0.703. The fraction of sp³-hybridized carbons (Fsp3) is 0.619. The van der Waals surface area contributed by atoms with Gasteiger partial charge in [0.25, 0.3) is 5.91 Å². The number of hydrogen-bond donors (Lipinski definition) is 0. The predicted octanol–water partition coefficient (Wildman–Crippen LogP) is 1.84. The van der Waals surface area contributed by atoms with Crippen molar-refractivity contribution in [2.45, 2.75) is 51.4 Å². The lowest BCUT2D eigenvalue weighted by atomic mass is 10.00. The number of amides is 4. The summed E-state index contributed by atoms with van der Waals surface area (Å²) in [5.41, 5.74) is 1.34. The Hall–Kier alpha value is -2.22. The van der Waals surface area contributed by atoms with Gasteiger partial charge in [0.2, 0.25) is 17.7 Å². The zero-order chi connectivity index (χ0) is 20.4. The molecule has 2 aliphatic heterocycles. The van der Waals surface area contributed by atoms with Crippen LogP contribution >= 0.6 is 11.3 Å². The molecular formula is C21H27N3O4S. The number of imide groups is 1. The molecule has 156 valence electrons. The summed E-state index contributed by atoms with van der Waals surface area (Å²) < 4.78 is 0. The Morgan fingerprint density at radius 1 is 0.828 bits per heavy atom. The molecule has 0 bridgehead atoms. The summed E-state index contributed by atoms with van der Waals surface area (Å²) in [5, 5.41) is 0. The van der Waals surface area contributed by atoms with Crippen molar-refractivity contribution in [3.63, 3.8) is 0 Å². The molecule has 3 heterocycles. The first-order valence-electron chi connectivity index (χ1n) is 10.5. The van der Waals surface area contributed by atoms with E-state index in [2.05, 4.69) is 6.07 Å². The van der Waals surface area contributed by atoms with Crippen molar-refractivity contribution in [2.75, 3.05) is 32.7 Å². The number of fused-ring (bicyclic) bond motifs is 1. The minimum atomic E-state index is -0.273. The van der Waals surface area contributed by atoms with E-state index in [9.17, 15) is 19.2 Å². The van der Waals surface area contributed by atoms with Crippen molar-refractivity contribution in [2.24, 2.45) is 0 Å². The standard InChI is InChI=1S/C21H27N3O4S/c25-18-7-8-19(26)24(18)14-20(27)22-9-11-23(12-10-22)21(28)17-13-15-5-3-1-2-4-6-16(15)29-17/h13H,1-12,14H2. The maximum Gasteiger partial charge on any atom is 0.264 e.